The average Bonchev–Trinajstić information content (AvgIpc) is 2.88. The van der Waals surface area contributed by atoms with Crippen LogP contribution in [0.4, 0.5) is 5.69 Å². The molecule has 2 aliphatic rings. The van der Waals surface area contributed by atoms with Gasteiger partial charge in [0.2, 0.25) is 5.88 Å². The lowest BCUT2D eigenvalue weighted by atomic mass is 10.1. The summed E-state index contributed by atoms with van der Waals surface area (Å²) in [7, 11) is -0.180. The highest BCUT2D eigenvalue weighted by Gasteiger charge is 2.22. The van der Waals surface area contributed by atoms with Crippen LogP contribution >= 0.6 is 0 Å². The van der Waals surface area contributed by atoms with Gasteiger partial charge in [-0.3, -0.25) is 4.72 Å². The molecule has 150 valence electrons. The Balaban J connectivity index is 1.66. The van der Waals surface area contributed by atoms with E-state index in [9.17, 15) is 8.42 Å². The van der Waals surface area contributed by atoms with E-state index in [1.54, 1.807) is 18.2 Å². The normalized spacial score (nSPS) is 17.1. The molecule has 8 heteroatoms. The molecule has 4 rings (SSSR count). The molecule has 0 radical (unpaired) electrons. The van der Waals surface area contributed by atoms with Gasteiger partial charge in [0.05, 0.1) is 18.6 Å². The van der Waals surface area contributed by atoms with Crippen LogP contribution in [0.25, 0.3) is 0 Å². The standard InChI is InChI=1S/C20H25N3O4S/c1-23-9-7-14-13-18(20(26-2)21-17(14)8-10-23)22-28(24,25)16-5-6-19-15(12-16)4-3-11-27-19/h5-6,12-13,22H,3-4,7-11H2,1-2H3. The molecule has 1 aromatic carbocycles. The zero-order valence-corrected chi connectivity index (χ0v) is 17.0. The summed E-state index contributed by atoms with van der Waals surface area (Å²) in [6.07, 6.45) is 3.35. The maximum atomic E-state index is 13.0. The molecule has 0 atom stereocenters. The van der Waals surface area contributed by atoms with Gasteiger partial charge in [-0.1, -0.05) is 0 Å². The van der Waals surface area contributed by atoms with Crippen molar-refractivity contribution in [1.29, 1.82) is 0 Å². The first-order valence-corrected chi connectivity index (χ1v) is 11.0. The molecule has 0 aliphatic carbocycles. The van der Waals surface area contributed by atoms with Gasteiger partial charge in [-0.15, -0.1) is 0 Å². The van der Waals surface area contributed by atoms with Crippen LogP contribution in [0.1, 0.15) is 23.2 Å². The Hall–Kier alpha value is -2.32. The van der Waals surface area contributed by atoms with E-state index < -0.39 is 10.0 Å². The molecule has 0 unspecified atom stereocenters. The van der Waals surface area contributed by atoms with Gasteiger partial charge in [0.15, 0.2) is 0 Å². The number of fused-ring (bicyclic) bond motifs is 2. The Morgan fingerprint density at radius 1 is 1.14 bits per heavy atom. The molecule has 2 aromatic rings. The lowest BCUT2D eigenvalue weighted by Gasteiger charge is -2.18. The second kappa shape index (κ2) is 7.60. The molecule has 0 bridgehead atoms. The van der Waals surface area contributed by atoms with Gasteiger partial charge in [-0.05, 0) is 61.7 Å². The molecule has 0 fully saturated rings. The highest BCUT2D eigenvalue weighted by molar-refractivity contribution is 7.92. The van der Waals surface area contributed by atoms with Gasteiger partial charge in [0, 0.05) is 25.2 Å². The molecular weight excluding hydrogens is 378 g/mol. The number of nitrogens with one attached hydrogen (secondary N) is 1. The molecule has 0 amide bonds. The largest absolute Gasteiger partial charge is 0.493 e. The number of sulfonamides is 1. The molecule has 1 aromatic heterocycles. The van der Waals surface area contributed by atoms with E-state index in [0.717, 1.165) is 61.3 Å². The predicted octanol–water partition coefficient (Wildman–Crippen LogP) is 2.25. The highest BCUT2D eigenvalue weighted by Crippen LogP contribution is 2.31. The number of likely N-dealkylation sites (N-methyl/N-ethyl adjacent to an activating group) is 1. The van der Waals surface area contributed by atoms with Crippen molar-refractivity contribution in [2.24, 2.45) is 0 Å². The number of ether oxygens (including phenoxy) is 2. The predicted molar refractivity (Wildman–Crippen MR) is 107 cm³/mol. The summed E-state index contributed by atoms with van der Waals surface area (Å²) in [4.78, 5) is 7.04. The Morgan fingerprint density at radius 2 is 1.96 bits per heavy atom. The number of hydrogen-bond donors (Lipinski definition) is 1. The third-order valence-electron chi connectivity index (χ3n) is 5.28. The minimum absolute atomic E-state index is 0.216. The summed E-state index contributed by atoms with van der Waals surface area (Å²) in [6.45, 7) is 2.51. The number of aryl methyl sites for hydroxylation is 1. The quantitative estimate of drug-likeness (QED) is 0.843. The summed E-state index contributed by atoms with van der Waals surface area (Å²) in [5.74, 6) is 1.06. The Labute approximate surface area is 165 Å². The van der Waals surface area contributed by atoms with Crippen LogP contribution in [0.2, 0.25) is 0 Å². The number of pyridine rings is 1. The summed E-state index contributed by atoms with van der Waals surface area (Å²) in [6, 6.07) is 6.85. The molecule has 1 N–H and O–H groups in total. The smallest absolute Gasteiger partial charge is 0.262 e. The van der Waals surface area contributed by atoms with Crippen molar-refractivity contribution in [3.8, 4) is 11.6 Å². The van der Waals surface area contributed by atoms with Crippen LogP contribution in [0, 0.1) is 0 Å². The molecular formula is C20H25N3O4S. The number of hydrogen-bond acceptors (Lipinski definition) is 6. The topological polar surface area (TPSA) is 80.8 Å². The minimum Gasteiger partial charge on any atom is -0.493 e. The van der Waals surface area contributed by atoms with Gasteiger partial charge >= 0.3 is 0 Å². The average molecular weight is 404 g/mol. The van der Waals surface area contributed by atoms with E-state index in [1.165, 1.54) is 7.11 Å². The molecule has 7 nitrogen and oxygen atoms in total. The van der Waals surface area contributed by atoms with Crippen molar-refractivity contribution < 1.29 is 17.9 Å². The highest BCUT2D eigenvalue weighted by atomic mass is 32.2. The van der Waals surface area contributed by atoms with Crippen LogP contribution in [-0.2, 0) is 29.3 Å². The van der Waals surface area contributed by atoms with E-state index in [-0.39, 0.29) is 4.90 Å². The van der Waals surface area contributed by atoms with Crippen LogP contribution in [0.3, 0.4) is 0 Å². The summed E-state index contributed by atoms with van der Waals surface area (Å²) in [5.41, 5.74) is 3.32. The van der Waals surface area contributed by atoms with E-state index in [2.05, 4.69) is 21.7 Å². The van der Waals surface area contributed by atoms with Crippen molar-refractivity contribution >= 4 is 15.7 Å². The first-order chi connectivity index (χ1) is 13.5. The fraction of sp³-hybridized carbons (Fsp3) is 0.450. The SMILES string of the molecule is COc1nc2c(cc1NS(=O)(=O)c1ccc3c(c1)CCCO3)CCN(C)CC2. The number of methoxy groups -OCH3 is 1. The van der Waals surface area contributed by atoms with Crippen LogP contribution in [0.5, 0.6) is 11.6 Å². The van der Waals surface area contributed by atoms with E-state index in [0.29, 0.717) is 18.2 Å². The van der Waals surface area contributed by atoms with Crippen LogP contribution < -0.4 is 14.2 Å². The third-order valence-corrected chi connectivity index (χ3v) is 6.64. The van der Waals surface area contributed by atoms with Crippen molar-refractivity contribution in [3.05, 3.63) is 41.1 Å². The Kier molecular flexibility index (Phi) is 5.16. The Morgan fingerprint density at radius 3 is 2.79 bits per heavy atom. The first kappa shape index (κ1) is 19.0. The number of anilines is 1. The second-order valence-corrected chi connectivity index (χ2v) is 8.96. The van der Waals surface area contributed by atoms with Gasteiger partial charge in [0.1, 0.15) is 11.4 Å². The summed E-state index contributed by atoms with van der Waals surface area (Å²) >= 11 is 0. The molecule has 2 aliphatic heterocycles. The van der Waals surface area contributed by atoms with Crippen LogP contribution in [0.15, 0.2) is 29.2 Å². The maximum Gasteiger partial charge on any atom is 0.262 e. The number of benzene rings is 1. The van der Waals surface area contributed by atoms with E-state index in [4.69, 9.17) is 9.47 Å². The fourth-order valence-electron chi connectivity index (χ4n) is 3.66. The second-order valence-electron chi connectivity index (χ2n) is 7.28. The van der Waals surface area contributed by atoms with Crippen molar-refractivity contribution in [2.75, 3.05) is 38.6 Å². The Bertz CT molecular complexity index is 991. The fourth-order valence-corrected chi connectivity index (χ4v) is 4.76. The monoisotopic (exact) mass is 403 g/mol. The third kappa shape index (κ3) is 3.79. The van der Waals surface area contributed by atoms with E-state index >= 15 is 0 Å². The van der Waals surface area contributed by atoms with E-state index in [1.807, 2.05) is 6.07 Å². The van der Waals surface area contributed by atoms with Crippen LogP contribution in [-0.4, -0.2) is 52.2 Å². The molecule has 3 heterocycles. The first-order valence-electron chi connectivity index (χ1n) is 9.50. The number of nitrogens with zero attached hydrogens (tertiary/aromatic N) is 2. The lowest BCUT2D eigenvalue weighted by molar-refractivity contribution is 0.288. The van der Waals surface area contributed by atoms with Crippen molar-refractivity contribution in [3.63, 3.8) is 0 Å². The number of aromatic nitrogens is 1. The number of rotatable bonds is 4. The zero-order valence-electron chi connectivity index (χ0n) is 16.2. The van der Waals surface area contributed by atoms with Crippen molar-refractivity contribution in [1.82, 2.24) is 9.88 Å². The zero-order chi connectivity index (χ0) is 19.7. The lowest BCUT2D eigenvalue weighted by Crippen LogP contribution is -2.20. The van der Waals surface area contributed by atoms with Gasteiger partial charge < -0.3 is 14.4 Å². The van der Waals surface area contributed by atoms with Gasteiger partial charge in [-0.25, -0.2) is 13.4 Å². The maximum absolute atomic E-state index is 13.0. The minimum atomic E-state index is -3.76. The summed E-state index contributed by atoms with van der Waals surface area (Å²) < 4.78 is 39.6. The van der Waals surface area contributed by atoms with Crippen molar-refractivity contribution in [2.45, 2.75) is 30.6 Å². The van der Waals surface area contributed by atoms with Gasteiger partial charge in [0.25, 0.3) is 10.0 Å². The molecule has 0 saturated heterocycles. The molecule has 0 saturated carbocycles. The molecule has 0 spiro atoms. The van der Waals surface area contributed by atoms with Gasteiger partial charge in [-0.2, -0.15) is 0 Å². The molecule has 28 heavy (non-hydrogen) atoms. The summed E-state index contributed by atoms with van der Waals surface area (Å²) in [5, 5.41) is 0.